The van der Waals surface area contributed by atoms with Gasteiger partial charge in [0, 0.05) is 13.0 Å². The van der Waals surface area contributed by atoms with E-state index in [-0.39, 0.29) is 5.97 Å². The predicted molar refractivity (Wildman–Crippen MR) is 173 cm³/mol. The van der Waals surface area contributed by atoms with Gasteiger partial charge in [-0.1, -0.05) is 187 Å². The van der Waals surface area contributed by atoms with Crippen molar-refractivity contribution in [2.75, 3.05) is 13.2 Å². The number of carbonyl (C=O) groups excluding carboxylic acids is 1. The van der Waals surface area contributed by atoms with E-state index in [1.165, 1.54) is 167 Å². The second kappa shape index (κ2) is 36.4. The monoisotopic (exact) mass is 569 g/mol. The molecule has 0 unspecified atom stereocenters. The number of rotatable bonds is 35. The summed E-state index contributed by atoms with van der Waals surface area (Å²) in [4.78, 5) is 21.9. The third-order valence-electron chi connectivity index (χ3n) is 8.27. The standard InChI is InChI=1S/C36H72O4/c1-2-3-4-5-6-7-8-9-12-15-18-21-24-27-30-33-36(38)40-39-35-32-29-26-23-20-17-14-11-10-13-16-19-22-25-28-31-34-37/h37H,2-35H2,1H3. The molecule has 0 aromatic carbocycles. The molecule has 0 rings (SSSR count). The molecule has 240 valence electrons. The highest BCUT2D eigenvalue weighted by molar-refractivity contribution is 5.68. The van der Waals surface area contributed by atoms with Crippen LogP contribution in [-0.4, -0.2) is 24.3 Å². The van der Waals surface area contributed by atoms with E-state index in [1.54, 1.807) is 0 Å². The molecule has 4 heteroatoms. The highest BCUT2D eigenvalue weighted by Crippen LogP contribution is 2.15. The number of hydrogen-bond acceptors (Lipinski definition) is 4. The minimum atomic E-state index is -0.201. The van der Waals surface area contributed by atoms with Crippen LogP contribution >= 0.6 is 0 Å². The second-order valence-electron chi connectivity index (χ2n) is 12.4. The zero-order valence-electron chi connectivity index (χ0n) is 27.2. The van der Waals surface area contributed by atoms with Gasteiger partial charge in [0.05, 0.1) is 6.61 Å². The molecular formula is C36H72O4. The van der Waals surface area contributed by atoms with Gasteiger partial charge >= 0.3 is 5.97 Å². The van der Waals surface area contributed by atoms with Crippen LogP contribution in [0.25, 0.3) is 0 Å². The molecule has 0 heterocycles. The normalized spacial score (nSPS) is 11.3. The van der Waals surface area contributed by atoms with E-state index >= 15 is 0 Å². The van der Waals surface area contributed by atoms with Gasteiger partial charge in [-0.15, -0.1) is 0 Å². The van der Waals surface area contributed by atoms with E-state index in [0.717, 1.165) is 32.1 Å². The van der Waals surface area contributed by atoms with E-state index in [2.05, 4.69) is 6.92 Å². The average molecular weight is 569 g/mol. The van der Waals surface area contributed by atoms with Crippen molar-refractivity contribution >= 4 is 5.97 Å². The van der Waals surface area contributed by atoms with E-state index in [9.17, 15) is 4.79 Å². The molecule has 0 saturated carbocycles. The minimum Gasteiger partial charge on any atom is -0.396 e. The van der Waals surface area contributed by atoms with Gasteiger partial charge in [-0.25, -0.2) is 4.79 Å². The van der Waals surface area contributed by atoms with Gasteiger partial charge < -0.3 is 5.11 Å². The Kier molecular flexibility index (Phi) is 35.9. The fourth-order valence-electron chi connectivity index (χ4n) is 5.54. The largest absolute Gasteiger partial charge is 0.396 e. The van der Waals surface area contributed by atoms with Gasteiger partial charge in [0.1, 0.15) is 0 Å². The molecule has 1 N–H and O–H groups in total. The number of carbonyl (C=O) groups is 1. The highest BCUT2D eigenvalue weighted by Gasteiger charge is 2.04. The highest BCUT2D eigenvalue weighted by atomic mass is 17.2. The molecule has 0 aliphatic rings. The molecular weight excluding hydrogens is 496 g/mol. The summed E-state index contributed by atoms with van der Waals surface area (Å²) in [6.45, 7) is 3.17. The fourth-order valence-corrected chi connectivity index (χ4v) is 5.54. The Morgan fingerprint density at radius 2 is 0.725 bits per heavy atom. The van der Waals surface area contributed by atoms with Crippen molar-refractivity contribution in [1.29, 1.82) is 0 Å². The molecule has 0 spiro atoms. The maximum atomic E-state index is 11.8. The zero-order chi connectivity index (χ0) is 29.0. The molecule has 0 fully saturated rings. The van der Waals surface area contributed by atoms with Crippen molar-refractivity contribution in [3.8, 4) is 0 Å². The first-order chi connectivity index (χ1) is 19.8. The van der Waals surface area contributed by atoms with Crippen molar-refractivity contribution in [2.45, 2.75) is 212 Å². The van der Waals surface area contributed by atoms with Crippen molar-refractivity contribution in [3.05, 3.63) is 0 Å². The van der Waals surface area contributed by atoms with E-state index in [4.69, 9.17) is 14.9 Å². The third-order valence-corrected chi connectivity index (χ3v) is 8.27. The summed E-state index contributed by atoms with van der Waals surface area (Å²) >= 11 is 0. The summed E-state index contributed by atoms with van der Waals surface area (Å²) < 4.78 is 0. The van der Waals surface area contributed by atoms with Crippen LogP contribution in [0.15, 0.2) is 0 Å². The van der Waals surface area contributed by atoms with Gasteiger partial charge in [0.15, 0.2) is 0 Å². The van der Waals surface area contributed by atoms with E-state index in [1.807, 2.05) is 0 Å². The van der Waals surface area contributed by atoms with Gasteiger partial charge in [-0.05, 0) is 19.3 Å². The number of unbranched alkanes of at least 4 members (excludes halogenated alkanes) is 29. The molecule has 0 aromatic heterocycles. The molecule has 0 radical (unpaired) electrons. The van der Waals surface area contributed by atoms with Crippen molar-refractivity contribution in [2.24, 2.45) is 0 Å². The van der Waals surface area contributed by atoms with Crippen LogP contribution in [-0.2, 0) is 14.6 Å². The quantitative estimate of drug-likeness (QED) is 0.0469. The lowest BCUT2D eigenvalue weighted by molar-refractivity contribution is -0.272. The summed E-state index contributed by atoms with van der Waals surface area (Å²) in [6, 6.07) is 0. The zero-order valence-corrected chi connectivity index (χ0v) is 27.2. The van der Waals surface area contributed by atoms with Gasteiger partial charge in [0.25, 0.3) is 0 Å². The Balaban J connectivity index is 3.14. The van der Waals surface area contributed by atoms with Crippen LogP contribution < -0.4 is 0 Å². The minimum absolute atomic E-state index is 0.201. The van der Waals surface area contributed by atoms with Crippen molar-refractivity contribution < 1.29 is 19.7 Å². The number of hydrogen-bond donors (Lipinski definition) is 1. The Hall–Kier alpha value is -0.610. The van der Waals surface area contributed by atoms with Crippen LogP contribution in [0.5, 0.6) is 0 Å². The average Bonchev–Trinajstić information content (AvgIpc) is 2.96. The summed E-state index contributed by atoms with van der Waals surface area (Å²) in [6.07, 6.45) is 41.0. The first-order valence-corrected chi connectivity index (χ1v) is 18.2. The molecule has 0 amide bonds. The van der Waals surface area contributed by atoms with E-state index in [0.29, 0.717) is 19.6 Å². The first-order valence-electron chi connectivity index (χ1n) is 18.2. The molecule has 0 saturated heterocycles. The lowest BCUT2D eigenvalue weighted by Crippen LogP contribution is -2.06. The summed E-state index contributed by atoms with van der Waals surface area (Å²) in [5.41, 5.74) is 0. The summed E-state index contributed by atoms with van der Waals surface area (Å²) in [5.74, 6) is -0.201. The first kappa shape index (κ1) is 39.4. The summed E-state index contributed by atoms with van der Waals surface area (Å²) in [7, 11) is 0. The Morgan fingerprint density at radius 3 is 1.07 bits per heavy atom. The fraction of sp³-hybridized carbons (Fsp3) is 0.972. The maximum absolute atomic E-state index is 11.8. The molecule has 0 atom stereocenters. The van der Waals surface area contributed by atoms with Gasteiger partial charge in [0.2, 0.25) is 0 Å². The Labute approximate surface area is 251 Å². The topological polar surface area (TPSA) is 55.8 Å². The predicted octanol–water partition coefficient (Wildman–Crippen LogP) is 12.0. The van der Waals surface area contributed by atoms with Gasteiger partial charge in [-0.3, -0.25) is 4.89 Å². The van der Waals surface area contributed by atoms with Crippen LogP contribution in [0, 0.1) is 0 Å². The molecule has 0 aliphatic carbocycles. The molecule has 0 aliphatic heterocycles. The van der Waals surface area contributed by atoms with Crippen LogP contribution in [0.4, 0.5) is 0 Å². The van der Waals surface area contributed by atoms with Gasteiger partial charge in [-0.2, -0.15) is 4.89 Å². The smallest absolute Gasteiger partial charge is 0.342 e. The lowest BCUT2D eigenvalue weighted by atomic mass is 10.0. The SMILES string of the molecule is CCCCCCCCCCCCCCCCCC(=O)OOCCCCCCCCCCCCCCCCCCO. The Morgan fingerprint density at radius 1 is 0.425 bits per heavy atom. The molecule has 40 heavy (non-hydrogen) atoms. The molecule has 0 bridgehead atoms. The summed E-state index contributed by atoms with van der Waals surface area (Å²) in [5, 5.41) is 8.78. The maximum Gasteiger partial charge on any atom is 0.342 e. The van der Waals surface area contributed by atoms with Crippen LogP contribution in [0.3, 0.4) is 0 Å². The van der Waals surface area contributed by atoms with Crippen molar-refractivity contribution in [1.82, 2.24) is 0 Å². The second-order valence-corrected chi connectivity index (χ2v) is 12.4. The van der Waals surface area contributed by atoms with Crippen LogP contribution in [0.1, 0.15) is 212 Å². The van der Waals surface area contributed by atoms with Crippen molar-refractivity contribution in [3.63, 3.8) is 0 Å². The molecule has 4 nitrogen and oxygen atoms in total. The van der Waals surface area contributed by atoms with E-state index < -0.39 is 0 Å². The molecule has 0 aromatic rings. The number of aliphatic hydroxyl groups excluding tert-OH is 1. The third kappa shape index (κ3) is 35.4. The van der Waals surface area contributed by atoms with Crippen LogP contribution in [0.2, 0.25) is 0 Å². The number of aliphatic hydroxyl groups is 1. The lowest BCUT2D eigenvalue weighted by Gasteiger charge is -2.05. The Bertz CT molecular complexity index is 468.